The highest BCUT2D eigenvalue weighted by molar-refractivity contribution is 6.32. The fraction of sp³-hybridized carbons (Fsp3) is 0.182. The molecule has 4 aromatic rings. The van der Waals surface area contributed by atoms with E-state index in [9.17, 15) is 26.3 Å². The third kappa shape index (κ3) is 7.31. The molecule has 0 unspecified atom stereocenters. The summed E-state index contributed by atoms with van der Waals surface area (Å²) in [7, 11) is 0. The molecular formula is C22H14Cl2F6N6. The van der Waals surface area contributed by atoms with Crippen molar-refractivity contribution in [1.82, 2.24) is 29.9 Å². The first-order valence-corrected chi connectivity index (χ1v) is 10.6. The Labute approximate surface area is 210 Å². The van der Waals surface area contributed by atoms with Gasteiger partial charge in [0.15, 0.2) is 0 Å². The van der Waals surface area contributed by atoms with Gasteiger partial charge in [0, 0.05) is 47.3 Å². The monoisotopic (exact) mass is 546 g/mol. The van der Waals surface area contributed by atoms with Crippen LogP contribution in [0.2, 0.25) is 10.3 Å². The van der Waals surface area contributed by atoms with Crippen molar-refractivity contribution in [3.05, 3.63) is 82.4 Å². The van der Waals surface area contributed by atoms with Crippen molar-refractivity contribution in [1.29, 1.82) is 0 Å². The van der Waals surface area contributed by atoms with Crippen molar-refractivity contribution < 1.29 is 26.3 Å². The third-order valence-electron chi connectivity index (χ3n) is 4.32. The molecule has 188 valence electrons. The first kappa shape index (κ1) is 27.2. The maximum absolute atomic E-state index is 12.3. The molecule has 4 aromatic heterocycles. The predicted molar refractivity (Wildman–Crippen MR) is 120 cm³/mol. The lowest BCUT2D eigenvalue weighted by Crippen LogP contribution is -2.10. The zero-order valence-corrected chi connectivity index (χ0v) is 19.8. The van der Waals surface area contributed by atoms with E-state index in [-0.39, 0.29) is 10.3 Å². The smallest absolute Gasteiger partial charge is 0.258 e. The Morgan fingerprint density at radius 1 is 0.528 bits per heavy atom. The molecule has 0 N–H and O–H groups in total. The summed E-state index contributed by atoms with van der Waals surface area (Å²) in [4.78, 5) is 21.1. The van der Waals surface area contributed by atoms with E-state index in [1.807, 2.05) is 13.8 Å². The maximum Gasteiger partial charge on any atom is 0.451 e. The Morgan fingerprint density at radius 2 is 0.861 bits per heavy atom. The lowest BCUT2D eigenvalue weighted by atomic mass is 10.1. The highest BCUT2D eigenvalue weighted by Gasteiger charge is 2.35. The molecule has 0 aliphatic rings. The second-order valence-corrected chi connectivity index (χ2v) is 8.00. The van der Waals surface area contributed by atoms with Gasteiger partial charge in [-0.25, -0.2) is 24.9 Å². The number of alkyl halides is 6. The fourth-order valence-electron chi connectivity index (χ4n) is 2.88. The summed E-state index contributed by atoms with van der Waals surface area (Å²) >= 11 is 11.4. The first-order chi connectivity index (χ1) is 16.7. The number of aromatic nitrogens is 6. The molecule has 0 bridgehead atoms. The van der Waals surface area contributed by atoms with E-state index in [1.54, 1.807) is 12.1 Å². The highest BCUT2D eigenvalue weighted by Crippen LogP contribution is 2.29. The van der Waals surface area contributed by atoms with Gasteiger partial charge in [0.2, 0.25) is 11.6 Å². The third-order valence-corrected chi connectivity index (χ3v) is 4.71. The van der Waals surface area contributed by atoms with E-state index in [4.69, 9.17) is 23.2 Å². The summed E-state index contributed by atoms with van der Waals surface area (Å²) in [5.41, 5.74) is 3.75. The molecule has 0 atom stereocenters. The second kappa shape index (κ2) is 10.7. The van der Waals surface area contributed by atoms with Crippen LogP contribution in [0.3, 0.4) is 0 Å². The summed E-state index contributed by atoms with van der Waals surface area (Å²) in [6.45, 7) is 3.64. The van der Waals surface area contributed by atoms with Gasteiger partial charge < -0.3 is 0 Å². The first-order valence-electron chi connectivity index (χ1n) is 9.80. The Hall–Kier alpha value is -3.38. The molecule has 0 radical (unpaired) electrons. The molecule has 0 spiro atoms. The van der Waals surface area contributed by atoms with Gasteiger partial charge >= 0.3 is 12.4 Å². The van der Waals surface area contributed by atoms with Crippen LogP contribution in [0.1, 0.15) is 23.0 Å². The van der Waals surface area contributed by atoms with E-state index in [1.165, 1.54) is 24.5 Å². The number of hydrogen-bond acceptors (Lipinski definition) is 6. The molecule has 0 saturated heterocycles. The van der Waals surface area contributed by atoms with E-state index in [0.29, 0.717) is 16.7 Å². The van der Waals surface area contributed by atoms with E-state index < -0.39 is 24.0 Å². The summed E-state index contributed by atoms with van der Waals surface area (Å²) in [5.74, 6) is -2.33. The Kier molecular flexibility index (Phi) is 8.09. The Balaban J connectivity index is 0.000000201. The molecule has 0 aliphatic carbocycles. The van der Waals surface area contributed by atoms with E-state index in [0.717, 1.165) is 29.3 Å². The fourth-order valence-corrected chi connectivity index (χ4v) is 3.34. The summed E-state index contributed by atoms with van der Waals surface area (Å²) in [6, 6.07) is 6.47. The number of rotatable bonds is 2. The van der Waals surface area contributed by atoms with Crippen LogP contribution in [0.15, 0.2) is 49.1 Å². The maximum atomic E-state index is 12.3. The normalized spacial score (nSPS) is 11.6. The molecule has 0 amide bonds. The average Bonchev–Trinajstić information content (AvgIpc) is 2.77. The van der Waals surface area contributed by atoms with Crippen molar-refractivity contribution in [2.45, 2.75) is 26.2 Å². The lowest BCUT2D eigenvalue weighted by molar-refractivity contribution is -0.145. The molecule has 0 aliphatic heterocycles. The number of hydrogen-bond donors (Lipinski definition) is 0. The van der Waals surface area contributed by atoms with Gasteiger partial charge in [0.1, 0.15) is 10.3 Å². The molecule has 14 heteroatoms. The molecule has 36 heavy (non-hydrogen) atoms. The van der Waals surface area contributed by atoms with Gasteiger partial charge in [-0.05, 0) is 49.2 Å². The van der Waals surface area contributed by atoms with Crippen LogP contribution in [0, 0.1) is 13.8 Å². The minimum absolute atomic E-state index is 0.136. The van der Waals surface area contributed by atoms with Crippen LogP contribution < -0.4 is 0 Å². The van der Waals surface area contributed by atoms with Gasteiger partial charge in [0.05, 0.1) is 0 Å². The molecule has 0 saturated carbocycles. The van der Waals surface area contributed by atoms with E-state index >= 15 is 0 Å². The molecule has 0 fully saturated rings. The van der Waals surface area contributed by atoms with Crippen molar-refractivity contribution >= 4 is 23.2 Å². The van der Waals surface area contributed by atoms with E-state index in [2.05, 4.69) is 29.9 Å². The minimum Gasteiger partial charge on any atom is -0.258 e. The lowest BCUT2D eigenvalue weighted by Gasteiger charge is -2.06. The van der Waals surface area contributed by atoms with Gasteiger partial charge in [-0.15, -0.1) is 0 Å². The Morgan fingerprint density at radius 3 is 1.19 bits per heavy atom. The van der Waals surface area contributed by atoms with Crippen LogP contribution >= 0.6 is 23.2 Å². The van der Waals surface area contributed by atoms with Crippen LogP contribution in [0.5, 0.6) is 0 Å². The van der Waals surface area contributed by atoms with Crippen LogP contribution in [-0.2, 0) is 12.4 Å². The zero-order valence-electron chi connectivity index (χ0n) is 18.3. The largest absolute Gasteiger partial charge is 0.451 e. The number of aryl methyl sites for hydroxylation is 2. The van der Waals surface area contributed by atoms with Crippen LogP contribution in [0.25, 0.3) is 22.3 Å². The SMILES string of the molecule is Cc1cc(-c2cnc(C(F)(F)F)nc2)cc(C)n1.FC(F)(F)c1ncc(-c2cc(Cl)nc(Cl)c2)cn1. The van der Waals surface area contributed by atoms with Crippen molar-refractivity contribution in [2.75, 3.05) is 0 Å². The van der Waals surface area contributed by atoms with Crippen LogP contribution in [0.4, 0.5) is 26.3 Å². The predicted octanol–water partition coefficient (Wildman–Crippen LogP) is 7.04. The van der Waals surface area contributed by atoms with Gasteiger partial charge in [-0.1, -0.05) is 23.2 Å². The van der Waals surface area contributed by atoms with Crippen molar-refractivity contribution in [3.8, 4) is 22.3 Å². The molecule has 6 nitrogen and oxygen atoms in total. The second-order valence-electron chi connectivity index (χ2n) is 7.23. The van der Waals surface area contributed by atoms with Gasteiger partial charge in [0.25, 0.3) is 0 Å². The van der Waals surface area contributed by atoms with Gasteiger partial charge in [-0.3, -0.25) is 4.98 Å². The topological polar surface area (TPSA) is 77.3 Å². The molecule has 0 aromatic carbocycles. The standard InChI is InChI=1S/C12H10F3N3.C10H4Cl2F3N3/c1-7-3-9(4-8(2)18-7)10-5-16-11(17-6-10)12(13,14)15;11-7-1-5(2-8(12)18-7)6-3-16-9(17-4-6)10(13,14)15/h3-6H,1-2H3;1-4H. The highest BCUT2D eigenvalue weighted by atomic mass is 35.5. The molecular weight excluding hydrogens is 533 g/mol. The molecule has 4 rings (SSSR count). The quantitative estimate of drug-likeness (QED) is 0.198. The molecule has 4 heterocycles. The summed E-state index contributed by atoms with van der Waals surface area (Å²) in [6.07, 6.45) is -4.63. The van der Waals surface area contributed by atoms with Crippen molar-refractivity contribution in [3.63, 3.8) is 0 Å². The number of nitrogens with zero attached hydrogens (tertiary/aromatic N) is 6. The summed E-state index contributed by atoms with van der Waals surface area (Å²) < 4.78 is 73.8. The summed E-state index contributed by atoms with van der Waals surface area (Å²) in [5, 5.41) is 0.273. The minimum atomic E-state index is -4.56. The van der Waals surface area contributed by atoms with Gasteiger partial charge in [-0.2, -0.15) is 26.3 Å². The average molecular weight is 547 g/mol. The number of halogens is 8. The number of pyridine rings is 2. The zero-order chi connectivity index (χ0) is 26.7. The Bertz CT molecular complexity index is 1200. The van der Waals surface area contributed by atoms with Crippen molar-refractivity contribution in [2.24, 2.45) is 0 Å². The van der Waals surface area contributed by atoms with Crippen LogP contribution in [-0.4, -0.2) is 29.9 Å².